The van der Waals surface area contributed by atoms with E-state index in [1.54, 1.807) is 5.56 Å². The second kappa shape index (κ2) is 2.16. The van der Waals surface area contributed by atoms with Gasteiger partial charge in [-0.05, 0) is 28.2 Å². The van der Waals surface area contributed by atoms with Crippen LogP contribution in [0.1, 0.15) is 26.3 Å². The van der Waals surface area contributed by atoms with Crippen LogP contribution in [-0.2, 0) is 5.41 Å². The number of benzene rings is 1. The van der Waals surface area contributed by atoms with Crippen LogP contribution >= 0.6 is 0 Å². The fourth-order valence-corrected chi connectivity index (χ4v) is 5.37. The molecule has 0 N–H and O–H groups in total. The molecule has 0 heterocycles. The van der Waals surface area contributed by atoms with Crippen molar-refractivity contribution in [3.05, 3.63) is 48.0 Å². The number of hydrogen-bond acceptors (Lipinski definition) is 0. The lowest BCUT2D eigenvalue weighted by Crippen LogP contribution is -2.50. The van der Waals surface area contributed by atoms with Crippen LogP contribution in [0.5, 0.6) is 0 Å². The van der Waals surface area contributed by atoms with Gasteiger partial charge in [0.05, 0.1) is 0 Å². The van der Waals surface area contributed by atoms with Gasteiger partial charge < -0.3 is 0 Å². The van der Waals surface area contributed by atoms with E-state index >= 15 is 0 Å². The summed E-state index contributed by atoms with van der Waals surface area (Å²) in [5.41, 5.74) is 2.98. The average Bonchev–Trinajstić information content (AvgIpc) is 2.56. The molecule has 3 aliphatic rings. The zero-order chi connectivity index (χ0) is 11.2. The summed E-state index contributed by atoms with van der Waals surface area (Å²) in [7, 11) is 0. The second-order valence-corrected chi connectivity index (χ2v) is 6.44. The van der Waals surface area contributed by atoms with E-state index in [2.05, 4.69) is 63.3 Å². The zero-order valence-electron chi connectivity index (χ0n) is 10.2. The minimum Gasteiger partial charge on any atom is -0.0839 e. The van der Waals surface area contributed by atoms with Gasteiger partial charge in [0.2, 0.25) is 0 Å². The Bertz CT molecular complexity index is 496. The fourth-order valence-electron chi connectivity index (χ4n) is 5.37. The molecule has 82 valence electrons. The first-order valence-corrected chi connectivity index (χ1v) is 6.32. The summed E-state index contributed by atoms with van der Waals surface area (Å²) in [6.45, 7) is 7.41. The number of fused-ring (bicyclic) bond motifs is 4. The third kappa shape index (κ3) is 0.533. The van der Waals surface area contributed by atoms with E-state index in [-0.39, 0.29) is 0 Å². The molecule has 1 aromatic rings. The standard InChI is InChI=1S/C16H18/c1-14(2)15(3)12-9-10-13(12)16(14,15)11-7-5-4-6-8-11/h4-10,12-13H,1-3H3/t12-,13-,15-,16+/m0/s1. The van der Waals surface area contributed by atoms with E-state index in [0.717, 1.165) is 11.8 Å². The van der Waals surface area contributed by atoms with Gasteiger partial charge in [-0.15, -0.1) is 0 Å². The van der Waals surface area contributed by atoms with Crippen LogP contribution in [0.15, 0.2) is 42.5 Å². The second-order valence-electron chi connectivity index (χ2n) is 6.44. The van der Waals surface area contributed by atoms with Gasteiger partial charge in [0.15, 0.2) is 0 Å². The van der Waals surface area contributed by atoms with Gasteiger partial charge in [0.25, 0.3) is 0 Å². The predicted molar refractivity (Wildman–Crippen MR) is 66.1 cm³/mol. The molecular formula is C16H18. The highest BCUT2D eigenvalue weighted by molar-refractivity contribution is 5.59. The lowest BCUT2D eigenvalue weighted by molar-refractivity contribution is 0.0935. The van der Waals surface area contributed by atoms with Gasteiger partial charge >= 0.3 is 0 Å². The highest BCUT2D eigenvalue weighted by atomic mass is 15.0. The van der Waals surface area contributed by atoms with E-state index in [9.17, 15) is 0 Å². The van der Waals surface area contributed by atoms with Crippen molar-refractivity contribution in [1.29, 1.82) is 0 Å². The summed E-state index contributed by atoms with van der Waals surface area (Å²) in [6.07, 6.45) is 4.87. The van der Waals surface area contributed by atoms with Crippen LogP contribution in [0, 0.1) is 22.7 Å². The van der Waals surface area contributed by atoms with Gasteiger partial charge in [0, 0.05) is 5.41 Å². The quantitative estimate of drug-likeness (QED) is 0.619. The van der Waals surface area contributed by atoms with Gasteiger partial charge in [0.1, 0.15) is 0 Å². The molecule has 2 fully saturated rings. The van der Waals surface area contributed by atoms with Crippen molar-refractivity contribution in [1.82, 2.24) is 0 Å². The maximum absolute atomic E-state index is 2.49. The Hall–Kier alpha value is -1.04. The van der Waals surface area contributed by atoms with E-state index < -0.39 is 0 Å². The highest BCUT2D eigenvalue weighted by Gasteiger charge is 2.93. The summed E-state index contributed by atoms with van der Waals surface area (Å²) >= 11 is 0. The number of hydrogen-bond donors (Lipinski definition) is 0. The molecule has 0 saturated heterocycles. The highest BCUT2D eigenvalue weighted by Crippen LogP contribution is 2.94. The molecule has 2 saturated carbocycles. The molecule has 0 aromatic heterocycles. The Balaban J connectivity index is 1.93. The lowest BCUT2D eigenvalue weighted by Gasteiger charge is -2.53. The Kier molecular flexibility index (Phi) is 1.22. The van der Waals surface area contributed by atoms with Gasteiger partial charge in [-0.2, -0.15) is 0 Å². The predicted octanol–water partition coefficient (Wildman–Crippen LogP) is 3.79. The van der Waals surface area contributed by atoms with Crippen LogP contribution in [0.2, 0.25) is 0 Å². The summed E-state index contributed by atoms with van der Waals surface area (Å²) in [5, 5.41) is 0. The third-order valence-corrected chi connectivity index (χ3v) is 6.35. The molecule has 4 atom stereocenters. The van der Waals surface area contributed by atoms with Crippen molar-refractivity contribution in [3.8, 4) is 0 Å². The Morgan fingerprint density at radius 1 is 0.875 bits per heavy atom. The zero-order valence-corrected chi connectivity index (χ0v) is 10.2. The molecular weight excluding hydrogens is 192 g/mol. The third-order valence-electron chi connectivity index (χ3n) is 6.35. The van der Waals surface area contributed by atoms with E-state index in [4.69, 9.17) is 0 Å². The molecule has 0 nitrogen and oxygen atoms in total. The Morgan fingerprint density at radius 2 is 1.50 bits per heavy atom. The topological polar surface area (TPSA) is 0 Å². The monoisotopic (exact) mass is 210 g/mol. The average molecular weight is 210 g/mol. The first-order valence-electron chi connectivity index (χ1n) is 6.32. The van der Waals surface area contributed by atoms with Crippen LogP contribution in [-0.4, -0.2) is 0 Å². The summed E-state index contributed by atoms with van der Waals surface area (Å²) in [5.74, 6) is 1.66. The molecule has 0 bridgehead atoms. The fraction of sp³-hybridized carbons (Fsp3) is 0.500. The molecule has 0 aliphatic heterocycles. The molecule has 0 amide bonds. The minimum atomic E-state index is 0.445. The van der Waals surface area contributed by atoms with Gasteiger partial charge in [-0.3, -0.25) is 0 Å². The largest absolute Gasteiger partial charge is 0.0839 e. The van der Waals surface area contributed by atoms with Crippen LogP contribution in [0.3, 0.4) is 0 Å². The number of rotatable bonds is 1. The maximum Gasteiger partial charge on any atom is 0.0143 e. The lowest BCUT2D eigenvalue weighted by atomic mass is 9.50. The van der Waals surface area contributed by atoms with Crippen LogP contribution in [0.4, 0.5) is 0 Å². The van der Waals surface area contributed by atoms with Gasteiger partial charge in [-0.25, -0.2) is 0 Å². The molecule has 1 aromatic carbocycles. The van der Waals surface area contributed by atoms with Crippen molar-refractivity contribution >= 4 is 0 Å². The van der Waals surface area contributed by atoms with Crippen molar-refractivity contribution in [3.63, 3.8) is 0 Å². The Morgan fingerprint density at radius 3 is 2.00 bits per heavy atom. The van der Waals surface area contributed by atoms with Crippen LogP contribution in [0.25, 0.3) is 0 Å². The molecule has 3 aliphatic carbocycles. The van der Waals surface area contributed by atoms with E-state index in [1.165, 1.54) is 0 Å². The smallest absolute Gasteiger partial charge is 0.0143 e. The van der Waals surface area contributed by atoms with Gasteiger partial charge in [-0.1, -0.05) is 63.3 Å². The van der Waals surface area contributed by atoms with Crippen molar-refractivity contribution in [2.24, 2.45) is 22.7 Å². The van der Waals surface area contributed by atoms with Crippen LogP contribution < -0.4 is 0 Å². The molecule has 0 radical (unpaired) electrons. The van der Waals surface area contributed by atoms with E-state index in [1.807, 2.05) is 0 Å². The number of allylic oxidation sites excluding steroid dienone is 2. The van der Waals surface area contributed by atoms with Crippen molar-refractivity contribution in [2.45, 2.75) is 26.2 Å². The Labute approximate surface area is 97.4 Å². The maximum atomic E-state index is 2.49. The molecule has 0 spiro atoms. The molecule has 16 heavy (non-hydrogen) atoms. The first kappa shape index (κ1) is 9.04. The molecule has 0 heteroatoms. The summed E-state index contributed by atoms with van der Waals surface area (Å²) in [4.78, 5) is 0. The van der Waals surface area contributed by atoms with E-state index in [0.29, 0.717) is 16.2 Å². The normalized spacial score (nSPS) is 49.7. The summed E-state index contributed by atoms with van der Waals surface area (Å²) in [6, 6.07) is 11.2. The first-order chi connectivity index (χ1) is 7.58. The molecule has 0 unspecified atom stereocenters. The van der Waals surface area contributed by atoms with Crippen molar-refractivity contribution in [2.75, 3.05) is 0 Å². The summed E-state index contributed by atoms with van der Waals surface area (Å²) < 4.78 is 0. The molecule has 4 rings (SSSR count). The minimum absolute atomic E-state index is 0.445. The SMILES string of the molecule is CC1(C)[C@]2(C)[C@H]3C=C[C@@H]3[C@]12c1ccccc1. The van der Waals surface area contributed by atoms with Crippen molar-refractivity contribution < 1.29 is 0 Å².